The minimum absolute atomic E-state index is 0.742. The summed E-state index contributed by atoms with van der Waals surface area (Å²) in [4.78, 5) is 0. The molecule has 21 heavy (non-hydrogen) atoms. The van der Waals surface area contributed by atoms with Crippen molar-refractivity contribution in [1.29, 1.82) is 0 Å². The van der Waals surface area contributed by atoms with Gasteiger partial charge in [-0.3, -0.25) is 0 Å². The molecule has 0 unspecified atom stereocenters. The lowest BCUT2D eigenvalue weighted by molar-refractivity contribution is -0.970. The molecule has 0 aromatic rings. The lowest BCUT2D eigenvalue weighted by atomic mass is 10.3. The van der Waals surface area contributed by atoms with Gasteiger partial charge in [-0.2, -0.15) is 0 Å². The van der Waals surface area contributed by atoms with Gasteiger partial charge in [0.1, 0.15) is 45.8 Å². The van der Waals surface area contributed by atoms with Gasteiger partial charge in [0.15, 0.2) is 0 Å². The smallest absolute Gasteiger partial charge is 0.140 e. The standard InChI is InChI=1S/C18H32N3/c1-9-12-19(4,5)15-17-21(8,14-11-3)18-16-20(6,7)13-10-2/h1-3H,12-18H2,4-8H3/q+3. The summed E-state index contributed by atoms with van der Waals surface area (Å²) in [5, 5.41) is 0. The number of likely N-dealkylation sites (N-methyl/N-ethyl adjacent to an activating group) is 3. The van der Waals surface area contributed by atoms with Crippen molar-refractivity contribution in [3.05, 3.63) is 0 Å². The first-order chi connectivity index (χ1) is 9.60. The first kappa shape index (κ1) is 19.6. The average Bonchev–Trinajstić information content (AvgIpc) is 2.35. The number of nitrogens with zero attached hydrogens (tertiary/aromatic N) is 3. The zero-order valence-electron chi connectivity index (χ0n) is 14.5. The van der Waals surface area contributed by atoms with Gasteiger partial charge in [0.25, 0.3) is 0 Å². The third kappa shape index (κ3) is 8.44. The fraction of sp³-hybridized carbons (Fsp3) is 0.667. The molecular weight excluding hydrogens is 258 g/mol. The van der Waals surface area contributed by atoms with Crippen molar-refractivity contribution in [3.8, 4) is 37.0 Å². The highest BCUT2D eigenvalue weighted by atomic mass is 15.4. The molecule has 0 aromatic heterocycles. The predicted octanol–water partition coefficient (Wildman–Crippen LogP) is 0.485. The Balaban J connectivity index is 4.68. The zero-order valence-corrected chi connectivity index (χ0v) is 14.5. The molecule has 0 spiro atoms. The molecule has 0 bridgehead atoms. The Morgan fingerprint density at radius 2 is 0.905 bits per heavy atom. The number of hydrogen-bond donors (Lipinski definition) is 0. The van der Waals surface area contributed by atoms with E-state index in [0.717, 1.165) is 59.3 Å². The monoisotopic (exact) mass is 290 g/mol. The summed E-state index contributed by atoms with van der Waals surface area (Å²) in [6.45, 7) is 6.31. The minimum Gasteiger partial charge on any atom is -0.314 e. The molecule has 116 valence electrons. The molecule has 0 saturated carbocycles. The van der Waals surface area contributed by atoms with Crippen LogP contribution in [0, 0.1) is 37.0 Å². The normalized spacial score (nSPS) is 12.3. The van der Waals surface area contributed by atoms with Crippen LogP contribution in [-0.2, 0) is 0 Å². The first-order valence-electron chi connectivity index (χ1n) is 7.38. The Labute approximate surface area is 132 Å². The van der Waals surface area contributed by atoms with Gasteiger partial charge in [-0.25, -0.2) is 0 Å². The second kappa shape index (κ2) is 8.11. The van der Waals surface area contributed by atoms with Gasteiger partial charge < -0.3 is 13.4 Å². The number of quaternary nitrogens is 3. The van der Waals surface area contributed by atoms with Gasteiger partial charge in [-0.05, 0) is 17.8 Å². The number of hydrogen-bond acceptors (Lipinski definition) is 0. The predicted molar refractivity (Wildman–Crippen MR) is 91.0 cm³/mol. The van der Waals surface area contributed by atoms with Crippen molar-refractivity contribution in [2.24, 2.45) is 0 Å². The van der Waals surface area contributed by atoms with Crippen molar-refractivity contribution < 1.29 is 13.4 Å². The molecule has 0 aliphatic heterocycles. The second-order valence-electron chi connectivity index (χ2n) is 7.47. The van der Waals surface area contributed by atoms with E-state index in [0.29, 0.717) is 0 Å². The van der Waals surface area contributed by atoms with Crippen molar-refractivity contribution in [1.82, 2.24) is 0 Å². The van der Waals surface area contributed by atoms with Gasteiger partial charge in [0.05, 0.1) is 35.2 Å². The molecule has 0 aliphatic carbocycles. The Kier molecular flexibility index (Phi) is 7.56. The molecule has 0 rings (SSSR count). The maximum atomic E-state index is 5.57. The van der Waals surface area contributed by atoms with Crippen molar-refractivity contribution in [2.75, 3.05) is 81.1 Å². The second-order valence-corrected chi connectivity index (χ2v) is 7.47. The summed E-state index contributed by atoms with van der Waals surface area (Å²) in [5.41, 5.74) is 0. The molecule has 0 amide bonds. The van der Waals surface area contributed by atoms with Gasteiger partial charge in [0, 0.05) is 0 Å². The average molecular weight is 290 g/mol. The van der Waals surface area contributed by atoms with Crippen molar-refractivity contribution in [3.63, 3.8) is 0 Å². The van der Waals surface area contributed by atoms with Gasteiger partial charge >= 0.3 is 0 Å². The Morgan fingerprint density at radius 1 is 0.571 bits per heavy atom. The summed E-state index contributed by atoms with van der Waals surface area (Å²) < 4.78 is 2.53. The molecule has 0 saturated heterocycles. The lowest BCUT2D eigenvalue weighted by Crippen LogP contribution is -2.57. The van der Waals surface area contributed by atoms with Gasteiger partial charge in [0.2, 0.25) is 0 Å². The van der Waals surface area contributed by atoms with Gasteiger partial charge in [-0.15, -0.1) is 19.3 Å². The van der Waals surface area contributed by atoms with E-state index in [9.17, 15) is 0 Å². The van der Waals surface area contributed by atoms with E-state index in [1.807, 2.05) is 0 Å². The molecule has 3 nitrogen and oxygen atoms in total. The summed E-state index contributed by atoms with van der Waals surface area (Å²) in [7, 11) is 10.9. The van der Waals surface area contributed by atoms with E-state index in [4.69, 9.17) is 19.3 Å². The van der Waals surface area contributed by atoms with Gasteiger partial charge in [-0.1, -0.05) is 0 Å². The molecule has 0 fully saturated rings. The van der Waals surface area contributed by atoms with Crippen molar-refractivity contribution >= 4 is 0 Å². The molecule has 0 aliphatic rings. The summed E-state index contributed by atoms with van der Waals surface area (Å²) in [6.07, 6.45) is 16.4. The first-order valence-corrected chi connectivity index (χ1v) is 7.38. The highest BCUT2D eigenvalue weighted by Gasteiger charge is 2.28. The topological polar surface area (TPSA) is 0 Å². The molecule has 0 N–H and O–H groups in total. The summed E-state index contributed by atoms with van der Waals surface area (Å²) in [6, 6.07) is 0. The maximum Gasteiger partial charge on any atom is 0.140 e. The van der Waals surface area contributed by atoms with E-state index >= 15 is 0 Å². The van der Waals surface area contributed by atoms with Crippen LogP contribution in [-0.4, -0.2) is 94.5 Å². The van der Waals surface area contributed by atoms with E-state index in [1.165, 1.54) is 0 Å². The molecule has 0 aromatic carbocycles. The fourth-order valence-electron chi connectivity index (χ4n) is 2.17. The minimum atomic E-state index is 0.742. The molecular formula is C18H32N3+3. The molecule has 3 heteroatoms. The summed E-state index contributed by atoms with van der Waals surface area (Å²) >= 11 is 0. The Hall–Kier alpha value is -1.44. The van der Waals surface area contributed by atoms with Crippen LogP contribution in [0.5, 0.6) is 0 Å². The van der Waals surface area contributed by atoms with Crippen LogP contribution in [0.3, 0.4) is 0 Å². The zero-order chi connectivity index (χ0) is 16.6. The van der Waals surface area contributed by atoms with E-state index < -0.39 is 0 Å². The quantitative estimate of drug-likeness (QED) is 0.428. The van der Waals surface area contributed by atoms with Crippen LogP contribution in [0.15, 0.2) is 0 Å². The highest BCUT2D eigenvalue weighted by molar-refractivity contribution is 4.85. The van der Waals surface area contributed by atoms with Crippen LogP contribution in [0.25, 0.3) is 0 Å². The van der Waals surface area contributed by atoms with E-state index in [-0.39, 0.29) is 0 Å². The lowest BCUT2D eigenvalue weighted by Gasteiger charge is -2.38. The molecule has 0 radical (unpaired) electrons. The number of terminal acetylenes is 3. The molecule has 0 atom stereocenters. The SMILES string of the molecule is C#CC[N+](C)(C)CC[N+](C)(CC#C)CC[N+](C)(C)CC#C. The van der Waals surface area contributed by atoms with E-state index in [2.05, 4.69) is 53.0 Å². The summed E-state index contributed by atoms with van der Waals surface area (Å²) in [5.74, 6) is 8.32. The Bertz CT molecular complexity index is 409. The van der Waals surface area contributed by atoms with Crippen LogP contribution < -0.4 is 0 Å². The Morgan fingerprint density at radius 3 is 1.19 bits per heavy atom. The van der Waals surface area contributed by atoms with Crippen LogP contribution in [0.4, 0.5) is 0 Å². The third-order valence-corrected chi connectivity index (χ3v) is 4.00. The van der Waals surface area contributed by atoms with Crippen LogP contribution in [0.1, 0.15) is 0 Å². The fourth-order valence-corrected chi connectivity index (χ4v) is 2.17. The van der Waals surface area contributed by atoms with Crippen LogP contribution >= 0.6 is 0 Å². The third-order valence-electron chi connectivity index (χ3n) is 4.00. The number of rotatable bonds is 9. The van der Waals surface area contributed by atoms with Crippen molar-refractivity contribution in [2.45, 2.75) is 0 Å². The maximum absolute atomic E-state index is 5.57. The largest absolute Gasteiger partial charge is 0.314 e. The van der Waals surface area contributed by atoms with Crippen LogP contribution in [0.2, 0.25) is 0 Å². The highest BCUT2D eigenvalue weighted by Crippen LogP contribution is 2.08. The molecule has 0 heterocycles. The van der Waals surface area contributed by atoms with E-state index in [1.54, 1.807) is 0 Å².